The molecule has 1 N–H and O–H groups in total. The Kier molecular flexibility index (Phi) is 8.06. The van der Waals surface area contributed by atoms with Gasteiger partial charge in [-0.15, -0.1) is 0 Å². The third-order valence-electron chi connectivity index (χ3n) is 4.89. The summed E-state index contributed by atoms with van der Waals surface area (Å²) in [5, 5.41) is 3.57. The smallest absolute Gasteiger partial charge is 0.242 e. The molecule has 0 fully saturated rings. The van der Waals surface area contributed by atoms with Gasteiger partial charge in [-0.25, -0.2) is 0 Å². The van der Waals surface area contributed by atoms with Crippen LogP contribution in [0.15, 0.2) is 48.5 Å². The Morgan fingerprint density at radius 3 is 2.36 bits per heavy atom. The van der Waals surface area contributed by atoms with E-state index in [1.165, 1.54) is 0 Å². The summed E-state index contributed by atoms with van der Waals surface area (Å²) < 4.78 is 0. The molecule has 0 saturated carbocycles. The molecule has 0 aliphatic heterocycles. The fourth-order valence-electron chi connectivity index (χ4n) is 2.86. The van der Waals surface area contributed by atoms with E-state index >= 15 is 0 Å². The number of hydrogen-bond donors (Lipinski definition) is 1. The van der Waals surface area contributed by atoms with E-state index in [1.54, 1.807) is 24.0 Å². The fraction of sp³-hybridized carbons (Fsp3) is 0.391. The fourth-order valence-corrected chi connectivity index (χ4v) is 3.07. The van der Waals surface area contributed by atoms with Crippen LogP contribution in [-0.2, 0) is 22.6 Å². The number of benzene rings is 2. The van der Waals surface area contributed by atoms with Gasteiger partial charge < -0.3 is 10.2 Å². The first-order valence-corrected chi connectivity index (χ1v) is 10.1. The van der Waals surface area contributed by atoms with Crippen LogP contribution < -0.4 is 5.32 Å². The lowest BCUT2D eigenvalue weighted by Gasteiger charge is -2.30. The van der Waals surface area contributed by atoms with Gasteiger partial charge in [-0.2, -0.15) is 0 Å². The molecule has 2 aromatic rings. The standard InChI is InChI=1S/C23H29ClN2O2/c1-5-17(3)25-23(28)18(4)26(15-19-11-9-16(2)10-12-19)22(27)14-20-7-6-8-21(24)13-20/h6-13,17-18H,5,14-15H2,1-4H3,(H,25,28)/t17-,18-/m1/s1. The van der Waals surface area contributed by atoms with Crippen molar-refractivity contribution in [2.45, 2.75) is 59.2 Å². The molecule has 2 rings (SSSR count). The van der Waals surface area contributed by atoms with E-state index in [2.05, 4.69) is 5.32 Å². The van der Waals surface area contributed by atoms with E-state index in [9.17, 15) is 9.59 Å². The average Bonchev–Trinajstić information content (AvgIpc) is 2.66. The van der Waals surface area contributed by atoms with Gasteiger partial charge in [0.05, 0.1) is 6.42 Å². The van der Waals surface area contributed by atoms with Crippen LogP contribution in [0.1, 0.15) is 43.9 Å². The molecule has 2 atom stereocenters. The second kappa shape index (κ2) is 10.3. The van der Waals surface area contributed by atoms with Gasteiger partial charge in [-0.1, -0.05) is 60.5 Å². The molecule has 0 bridgehead atoms. The molecule has 0 radical (unpaired) electrons. The maximum Gasteiger partial charge on any atom is 0.242 e. The molecule has 150 valence electrons. The van der Waals surface area contributed by atoms with Crippen LogP contribution in [0.25, 0.3) is 0 Å². The van der Waals surface area contributed by atoms with Crippen molar-refractivity contribution < 1.29 is 9.59 Å². The Bertz CT molecular complexity index is 805. The van der Waals surface area contributed by atoms with Crippen LogP contribution >= 0.6 is 11.6 Å². The largest absolute Gasteiger partial charge is 0.352 e. The summed E-state index contributed by atoms with van der Waals surface area (Å²) in [4.78, 5) is 27.4. The Morgan fingerprint density at radius 2 is 1.75 bits per heavy atom. The van der Waals surface area contributed by atoms with Crippen molar-refractivity contribution >= 4 is 23.4 Å². The van der Waals surface area contributed by atoms with E-state index in [4.69, 9.17) is 11.6 Å². The summed E-state index contributed by atoms with van der Waals surface area (Å²) in [6.07, 6.45) is 1.04. The number of amides is 2. The van der Waals surface area contributed by atoms with Gasteiger partial charge in [-0.3, -0.25) is 9.59 Å². The molecule has 28 heavy (non-hydrogen) atoms. The van der Waals surface area contributed by atoms with Crippen molar-refractivity contribution in [3.8, 4) is 0 Å². The lowest BCUT2D eigenvalue weighted by Crippen LogP contribution is -2.49. The third kappa shape index (κ3) is 6.38. The molecule has 0 aliphatic carbocycles. The number of aryl methyl sites for hydroxylation is 1. The molecule has 0 spiro atoms. The number of hydrogen-bond acceptors (Lipinski definition) is 2. The maximum atomic E-state index is 13.1. The molecule has 0 saturated heterocycles. The summed E-state index contributed by atoms with van der Waals surface area (Å²) in [7, 11) is 0. The highest BCUT2D eigenvalue weighted by molar-refractivity contribution is 6.30. The zero-order valence-corrected chi connectivity index (χ0v) is 17.8. The van der Waals surface area contributed by atoms with Gasteiger partial charge in [0.1, 0.15) is 6.04 Å². The van der Waals surface area contributed by atoms with Crippen LogP contribution in [0, 0.1) is 6.92 Å². The molecule has 2 aromatic carbocycles. The van der Waals surface area contributed by atoms with Crippen LogP contribution in [0.3, 0.4) is 0 Å². The van der Waals surface area contributed by atoms with Crippen molar-refractivity contribution in [1.82, 2.24) is 10.2 Å². The first-order chi connectivity index (χ1) is 13.3. The molecule has 4 nitrogen and oxygen atoms in total. The zero-order chi connectivity index (χ0) is 20.7. The van der Waals surface area contributed by atoms with Crippen molar-refractivity contribution in [2.24, 2.45) is 0 Å². The number of nitrogens with zero attached hydrogens (tertiary/aromatic N) is 1. The summed E-state index contributed by atoms with van der Waals surface area (Å²) in [6.45, 7) is 8.16. The predicted octanol–water partition coefficient (Wildman–Crippen LogP) is 4.52. The van der Waals surface area contributed by atoms with Crippen LogP contribution in [0.4, 0.5) is 0 Å². The minimum atomic E-state index is -0.568. The van der Waals surface area contributed by atoms with Gasteiger partial charge in [0, 0.05) is 17.6 Å². The summed E-state index contributed by atoms with van der Waals surface area (Å²) in [6, 6.07) is 14.8. The van der Waals surface area contributed by atoms with Crippen molar-refractivity contribution in [1.29, 1.82) is 0 Å². The minimum Gasteiger partial charge on any atom is -0.352 e. The Labute approximate surface area is 172 Å². The van der Waals surface area contributed by atoms with E-state index in [1.807, 2.05) is 57.2 Å². The van der Waals surface area contributed by atoms with E-state index in [0.29, 0.717) is 11.6 Å². The topological polar surface area (TPSA) is 49.4 Å². The molecular formula is C23H29ClN2O2. The highest BCUT2D eigenvalue weighted by Crippen LogP contribution is 2.16. The summed E-state index contributed by atoms with van der Waals surface area (Å²) >= 11 is 6.05. The number of nitrogens with one attached hydrogen (secondary N) is 1. The Morgan fingerprint density at radius 1 is 1.07 bits per heavy atom. The molecule has 5 heteroatoms. The lowest BCUT2D eigenvalue weighted by molar-refractivity contribution is -0.140. The van der Waals surface area contributed by atoms with Gasteiger partial charge in [-0.05, 0) is 50.5 Å². The number of carbonyl (C=O) groups excluding carboxylic acids is 2. The van der Waals surface area contributed by atoms with E-state index in [0.717, 1.165) is 23.1 Å². The zero-order valence-electron chi connectivity index (χ0n) is 17.0. The van der Waals surface area contributed by atoms with Gasteiger partial charge in [0.25, 0.3) is 0 Å². The quantitative estimate of drug-likeness (QED) is 0.708. The molecule has 0 aromatic heterocycles. The molecule has 0 heterocycles. The molecule has 0 aliphatic rings. The van der Waals surface area contributed by atoms with Gasteiger partial charge >= 0.3 is 0 Å². The minimum absolute atomic E-state index is 0.0687. The first kappa shape index (κ1) is 22.0. The monoisotopic (exact) mass is 400 g/mol. The van der Waals surface area contributed by atoms with E-state index < -0.39 is 6.04 Å². The molecular weight excluding hydrogens is 372 g/mol. The predicted molar refractivity (Wildman–Crippen MR) is 114 cm³/mol. The first-order valence-electron chi connectivity index (χ1n) is 9.70. The van der Waals surface area contributed by atoms with E-state index in [-0.39, 0.29) is 24.3 Å². The normalized spacial score (nSPS) is 12.9. The second-order valence-electron chi connectivity index (χ2n) is 7.31. The molecule has 2 amide bonds. The number of carbonyl (C=O) groups is 2. The highest BCUT2D eigenvalue weighted by Gasteiger charge is 2.26. The lowest BCUT2D eigenvalue weighted by atomic mass is 10.1. The summed E-state index contributed by atoms with van der Waals surface area (Å²) in [5.74, 6) is -0.240. The number of halogens is 1. The summed E-state index contributed by atoms with van der Waals surface area (Å²) in [5.41, 5.74) is 2.98. The maximum absolute atomic E-state index is 13.1. The Hall–Kier alpha value is -2.33. The molecule has 0 unspecified atom stereocenters. The van der Waals surface area contributed by atoms with Crippen molar-refractivity contribution in [3.63, 3.8) is 0 Å². The second-order valence-corrected chi connectivity index (χ2v) is 7.74. The SMILES string of the molecule is CC[C@@H](C)NC(=O)[C@@H](C)N(Cc1ccc(C)cc1)C(=O)Cc1cccc(Cl)c1. The number of rotatable bonds is 8. The van der Waals surface area contributed by atoms with Gasteiger partial charge in [0.15, 0.2) is 0 Å². The van der Waals surface area contributed by atoms with Crippen LogP contribution in [0.5, 0.6) is 0 Å². The van der Waals surface area contributed by atoms with Crippen LogP contribution in [0.2, 0.25) is 5.02 Å². The average molecular weight is 401 g/mol. The third-order valence-corrected chi connectivity index (χ3v) is 5.12. The van der Waals surface area contributed by atoms with Crippen molar-refractivity contribution in [3.05, 3.63) is 70.2 Å². The highest BCUT2D eigenvalue weighted by atomic mass is 35.5. The Balaban J connectivity index is 2.22. The van der Waals surface area contributed by atoms with Crippen LogP contribution in [-0.4, -0.2) is 28.8 Å². The van der Waals surface area contributed by atoms with Crippen molar-refractivity contribution in [2.75, 3.05) is 0 Å². The van der Waals surface area contributed by atoms with Gasteiger partial charge in [0.2, 0.25) is 11.8 Å².